The highest BCUT2D eigenvalue weighted by Gasteiger charge is 2.29. The number of halogens is 1. The summed E-state index contributed by atoms with van der Waals surface area (Å²) in [5.74, 6) is 3.50. The van der Waals surface area contributed by atoms with E-state index in [0.29, 0.717) is 27.8 Å². The van der Waals surface area contributed by atoms with Gasteiger partial charge in [0.05, 0.1) is 18.3 Å². The zero-order valence-electron chi connectivity index (χ0n) is 11.7. The molecule has 0 aromatic heterocycles. The fourth-order valence-corrected chi connectivity index (χ4v) is 4.68. The van der Waals surface area contributed by atoms with Crippen LogP contribution < -0.4 is 10.1 Å². The van der Waals surface area contributed by atoms with Gasteiger partial charge in [0.2, 0.25) is 0 Å². The molecule has 0 spiro atoms. The second-order valence-electron chi connectivity index (χ2n) is 4.86. The predicted molar refractivity (Wildman–Crippen MR) is 89.9 cm³/mol. The molecule has 0 aliphatic carbocycles. The summed E-state index contributed by atoms with van der Waals surface area (Å²) < 4.78 is 5.17. The Morgan fingerprint density at radius 1 is 1.43 bits per heavy atom. The molecule has 0 atom stereocenters. The number of aliphatic hydroxyl groups is 1. The molecule has 0 bridgehead atoms. The number of hydrogen-bond donors (Lipinski definition) is 2. The van der Waals surface area contributed by atoms with Gasteiger partial charge in [0.25, 0.3) is 5.91 Å². The molecular weight excluding hydrogens is 330 g/mol. The molecule has 2 rings (SSSR count). The number of benzene rings is 1. The van der Waals surface area contributed by atoms with Gasteiger partial charge in [-0.05, 0) is 18.2 Å². The van der Waals surface area contributed by atoms with E-state index in [-0.39, 0.29) is 12.5 Å². The molecule has 21 heavy (non-hydrogen) atoms. The SMILES string of the molecule is COc1ccc(Cl)cc1C(=O)NCC1(O)CSCCSC1. The standard InChI is InChI=1S/C14H18ClNO3S2/c1-19-12-3-2-10(15)6-11(12)13(17)16-7-14(18)8-20-4-5-21-9-14/h2-3,6,18H,4-5,7-9H2,1H3,(H,16,17). The smallest absolute Gasteiger partial charge is 0.255 e. The zero-order chi connectivity index (χ0) is 15.3. The summed E-state index contributed by atoms with van der Waals surface area (Å²) >= 11 is 9.35. The minimum atomic E-state index is -0.868. The molecule has 1 aliphatic heterocycles. The normalized spacial score (nSPS) is 17.9. The molecule has 0 radical (unpaired) electrons. The van der Waals surface area contributed by atoms with Crippen molar-refractivity contribution in [1.29, 1.82) is 0 Å². The fraction of sp³-hybridized carbons (Fsp3) is 0.500. The first-order chi connectivity index (χ1) is 10.0. The summed E-state index contributed by atoms with van der Waals surface area (Å²) in [5, 5.41) is 13.8. The van der Waals surface area contributed by atoms with E-state index in [1.165, 1.54) is 7.11 Å². The van der Waals surface area contributed by atoms with Crippen molar-refractivity contribution < 1.29 is 14.6 Å². The van der Waals surface area contributed by atoms with Crippen LogP contribution in [0.2, 0.25) is 5.02 Å². The number of thioether (sulfide) groups is 2. The zero-order valence-corrected chi connectivity index (χ0v) is 14.1. The monoisotopic (exact) mass is 347 g/mol. The van der Waals surface area contributed by atoms with Gasteiger partial charge in [0.1, 0.15) is 5.75 Å². The van der Waals surface area contributed by atoms with E-state index in [4.69, 9.17) is 16.3 Å². The molecule has 2 N–H and O–H groups in total. The van der Waals surface area contributed by atoms with E-state index in [9.17, 15) is 9.90 Å². The van der Waals surface area contributed by atoms with Gasteiger partial charge in [-0.25, -0.2) is 0 Å². The number of hydrogen-bond acceptors (Lipinski definition) is 5. The van der Waals surface area contributed by atoms with Gasteiger partial charge < -0.3 is 15.2 Å². The van der Waals surface area contributed by atoms with Gasteiger partial charge in [-0.3, -0.25) is 4.79 Å². The molecule has 1 aliphatic rings. The Kier molecular flexibility index (Phi) is 6.10. The third-order valence-corrected chi connectivity index (χ3v) is 6.06. The van der Waals surface area contributed by atoms with Crippen LogP contribution in [0.4, 0.5) is 0 Å². The van der Waals surface area contributed by atoms with Crippen molar-refractivity contribution in [2.75, 3.05) is 36.7 Å². The number of nitrogens with one attached hydrogen (secondary N) is 1. The van der Waals surface area contributed by atoms with Gasteiger partial charge in [0.15, 0.2) is 0 Å². The molecule has 1 aromatic rings. The van der Waals surface area contributed by atoms with E-state index in [1.807, 2.05) is 0 Å². The molecule has 1 amide bonds. The average molecular weight is 348 g/mol. The largest absolute Gasteiger partial charge is 0.496 e. The van der Waals surface area contributed by atoms with Crippen molar-refractivity contribution in [2.24, 2.45) is 0 Å². The molecule has 1 fully saturated rings. The lowest BCUT2D eigenvalue weighted by Gasteiger charge is -2.26. The van der Waals surface area contributed by atoms with Crippen molar-refractivity contribution in [3.8, 4) is 5.75 Å². The summed E-state index contributed by atoms with van der Waals surface area (Å²) in [7, 11) is 1.51. The average Bonchev–Trinajstić information content (AvgIpc) is 2.70. The minimum absolute atomic E-state index is 0.224. The lowest BCUT2D eigenvalue weighted by Crippen LogP contribution is -2.46. The number of carbonyl (C=O) groups is 1. The van der Waals surface area contributed by atoms with Crippen LogP contribution in [0.15, 0.2) is 18.2 Å². The molecule has 1 aromatic carbocycles. The van der Waals surface area contributed by atoms with Gasteiger partial charge >= 0.3 is 0 Å². The third kappa shape index (κ3) is 4.71. The minimum Gasteiger partial charge on any atom is -0.496 e. The van der Waals surface area contributed by atoms with Crippen molar-refractivity contribution in [1.82, 2.24) is 5.32 Å². The highest BCUT2D eigenvalue weighted by atomic mass is 35.5. The molecule has 1 saturated heterocycles. The maximum Gasteiger partial charge on any atom is 0.255 e. The predicted octanol–water partition coefficient (Wildman–Crippen LogP) is 2.29. The number of rotatable bonds is 4. The Balaban J connectivity index is 2.02. The maximum absolute atomic E-state index is 12.3. The molecular formula is C14H18ClNO3S2. The van der Waals surface area contributed by atoms with Crippen LogP contribution in [-0.2, 0) is 0 Å². The first kappa shape index (κ1) is 16.8. The Hall–Kier alpha value is -0.560. The summed E-state index contributed by atoms with van der Waals surface area (Å²) in [6, 6.07) is 4.89. The number of amides is 1. The lowest BCUT2D eigenvalue weighted by atomic mass is 10.1. The van der Waals surface area contributed by atoms with Crippen LogP contribution in [0, 0.1) is 0 Å². The first-order valence-electron chi connectivity index (χ1n) is 6.54. The topological polar surface area (TPSA) is 58.6 Å². The highest BCUT2D eigenvalue weighted by molar-refractivity contribution is 8.03. The fourth-order valence-electron chi connectivity index (χ4n) is 1.98. The Morgan fingerprint density at radius 3 is 2.71 bits per heavy atom. The second kappa shape index (κ2) is 7.63. The van der Waals surface area contributed by atoms with Crippen molar-refractivity contribution >= 4 is 41.0 Å². The first-order valence-corrected chi connectivity index (χ1v) is 9.22. The molecule has 0 saturated carbocycles. The van der Waals surface area contributed by atoms with Crippen LogP contribution in [-0.4, -0.2) is 53.3 Å². The Labute approximate surface area is 138 Å². The van der Waals surface area contributed by atoms with Crippen LogP contribution in [0.5, 0.6) is 5.75 Å². The van der Waals surface area contributed by atoms with Gasteiger partial charge in [-0.1, -0.05) is 11.6 Å². The number of methoxy groups -OCH3 is 1. The van der Waals surface area contributed by atoms with Crippen LogP contribution in [0.3, 0.4) is 0 Å². The molecule has 116 valence electrons. The maximum atomic E-state index is 12.3. The van der Waals surface area contributed by atoms with E-state index in [0.717, 1.165) is 11.5 Å². The number of carbonyl (C=O) groups excluding carboxylic acids is 1. The van der Waals surface area contributed by atoms with Gasteiger partial charge in [-0.15, -0.1) is 0 Å². The van der Waals surface area contributed by atoms with Crippen LogP contribution >= 0.6 is 35.1 Å². The van der Waals surface area contributed by atoms with Crippen molar-refractivity contribution in [2.45, 2.75) is 5.60 Å². The van der Waals surface area contributed by atoms with Crippen molar-refractivity contribution in [3.63, 3.8) is 0 Å². The second-order valence-corrected chi connectivity index (χ2v) is 7.50. The molecule has 7 heteroatoms. The molecule has 4 nitrogen and oxygen atoms in total. The quantitative estimate of drug-likeness (QED) is 0.875. The summed E-state index contributed by atoms with van der Waals surface area (Å²) in [6.07, 6.45) is 0. The Morgan fingerprint density at radius 2 is 2.10 bits per heavy atom. The van der Waals surface area contributed by atoms with Crippen LogP contribution in [0.25, 0.3) is 0 Å². The van der Waals surface area contributed by atoms with E-state index in [2.05, 4.69) is 5.32 Å². The van der Waals surface area contributed by atoms with E-state index < -0.39 is 5.60 Å². The third-order valence-electron chi connectivity index (χ3n) is 3.10. The van der Waals surface area contributed by atoms with Gasteiger partial charge in [0, 0.05) is 34.6 Å². The Bertz CT molecular complexity index is 505. The summed E-state index contributed by atoms with van der Waals surface area (Å²) in [4.78, 5) is 12.3. The molecule has 0 unspecified atom stereocenters. The van der Waals surface area contributed by atoms with Gasteiger partial charge in [-0.2, -0.15) is 23.5 Å². The highest BCUT2D eigenvalue weighted by Crippen LogP contribution is 2.25. The number of ether oxygens (including phenoxy) is 1. The van der Waals surface area contributed by atoms with Crippen LogP contribution in [0.1, 0.15) is 10.4 Å². The van der Waals surface area contributed by atoms with Crippen molar-refractivity contribution in [3.05, 3.63) is 28.8 Å². The van der Waals surface area contributed by atoms with E-state index >= 15 is 0 Å². The summed E-state index contributed by atoms with van der Waals surface area (Å²) in [6.45, 7) is 0.224. The molecule has 1 heterocycles. The lowest BCUT2D eigenvalue weighted by molar-refractivity contribution is 0.0751. The summed E-state index contributed by atoms with van der Waals surface area (Å²) in [5.41, 5.74) is -0.490. The van der Waals surface area contributed by atoms with E-state index in [1.54, 1.807) is 41.7 Å².